The van der Waals surface area contributed by atoms with Gasteiger partial charge in [-0.15, -0.1) is 11.3 Å². The van der Waals surface area contributed by atoms with Gasteiger partial charge in [-0.25, -0.2) is 4.39 Å². The lowest BCUT2D eigenvalue weighted by molar-refractivity contribution is 0.533. The lowest BCUT2D eigenvalue weighted by Gasteiger charge is -2.19. The van der Waals surface area contributed by atoms with E-state index in [4.69, 9.17) is 11.6 Å². The van der Waals surface area contributed by atoms with Gasteiger partial charge in [-0.1, -0.05) is 24.6 Å². The molecular weight excluding hydrogens is 305 g/mol. The van der Waals surface area contributed by atoms with E-state index in [0.29, 0.717) is 0 Å². The van der Waals surface area contributed by atoms with E-state index in [-0.39, 0.29) is 11.9 Å². The molecule has 1 nitrogen and oxygen atoms in total. The average molecular weight is 326 g/mol. The molecule has 0 aliphatic carbocycles. The van der Waals surface area contributed by atoms with Crippen molar-refractivity contribution < 1.29 is 4.39 Å². The van der Waals surface area contributed by atoms with Crippen LogP contribution in [0.25, 0.3) is 0 Å². The SMILES string of the molecule is CCCNC(Cc1cc(F)ccc1C)c1scc(C)c1Cl. The van der Waals surface area contributed by atoms with Crippen LogP contribution in [-0.4, -0.2) is 6.54 Å². The fourth-order valence-electron chi connectivity index (χ4n) is 2.34. The van der Waals surface area contributed by atoms with E-state index in [9.17, 15) is 4.39 Å². The second-order valence-electron chi connectivity index (χ2n) is 5.38. The molecule has 114 valence electrons. The Morgan fingerprint density at radius 1 is 1.29 bits per heavy atom. The third kappa shape index (κ3) is 4.06. The highest BCUT2D eigenvalue weighted by atomic mass is 35.5. The molecule has 21 heavy (non-hydrogen) atoms. The van der Waals surface area contributed by atoms with Crippen LogP contribution in [0.5, 0.6) is 0 Å². The van der Waals surface area contributed by atoms with E-state index in [1.165, 1.54) is 6.07 Å². The number of rotatable bonds is 6. The maximum Gasteiger partial charge on any atom is 0.123 e. The predicted octanol–water partition coefficient (Wildman–Crippen LogP) is 5.44. The minimum atomic E-state index is -0.182. The maximum absolute atomic E-state index is 13.5. The summed E-state index contributed by atoms with van der Waals surface area (Å²) < 4.78 is 13.5. The number of thiophene rings is 1. The number of hydrogen-bond donors (Lipinski definition) is 1. The molecule has 1 heterocycles. The molecule has 0 radical (unpaired) electrons. The van der Waals surface area contributed by atoms with Gasteiger partial charge < -0.3 is 5.32 Å². The Bertz CT molecular complexity index is 609. The first-order chi connectivity index (χ1) is 10.0. The third-order valence-electron chi connectivity index (χ3n) is 3.62. The second kappa shape index (κ2) is 7.39. The molecule has 2 aromatic rings. The quantitative estimate of drug-likeness (QED) is 0.745. The Balaban J connectivity index is 2.28. The van der Waals surface area contributed by atoms with Crippen LogP contribution in [-0.2, 0) is 6.42 Å². The van der Waals surface area contributed by atoms with Gasteiger partial charge in [-0.05, 0) is 67.4 Å². The van der Waals surface area contributed by atoms with Crippen molar-refractivity contribution in [1.82, 2.24) is 5.32 Å². The van der Waals surface area contributed by atoms with Gasteiger partial charge in [-0.3, -0.25) is 0 Å². The normalized spacial score (nSPS) is 12.6. The summed E-state index contributed by atoms with van der Waals surface area (Å²) >= 11 is 8.09. The zero-order chi connectivity index (χ0) is 15.4. The highest BCUT2D eigenvalue weighted by molar-refractivity contribution is 7.10. The van der Waals surface area contributed by atoms with Gasteiger partial charge in [0.1, 0.15) is 5.82 Å². The first kappa shape index (κ1) is 16.5. The molecule has 0 fully saturated rings. The Morgan fingerprint density at radius 2 is 2.05 bits per heavy atom. The lowest BCUT2D eigenvalue weighted by atomic mass is 9.99. The topological polar surface area (TPSA) is 12.0 Å². The van der Waals surface area contributed by atoms with Crippen LogP contribution in [0.3, 0.4) is 0 Å². The van der Waals surface area contributed by atoms with Crippen LogP contribution in [0.1, 0.15) is 41.0 Å². The van der Waals surface area contributed by atoms with Crippen molar-refractivity contribution >= 4 is 22.9 Å². The second-order valence-corrected chi connectivity index (χ2v) is 6.67. The average Bonchev–Trinajstić information content (AvgIpc) is 2.79. The Morgan fingerprint density at radius 3 is 2.67 bits per heavy atom. The minimum absolute atomic E-state index is 0.136. The molecule has 0 aliphatic heterocycles. The van der Waals surface area contributed by atoms with Crippen molar-refractivity contribution in [2.24, 2.45) is 0 Å². The zero-order valence-electron chi connectivity index (χ0n) is 12.7. The molecular formula is C17H21ClFNS. The summed E-state index contributed by atoms with van der Waals surface area (Å²) in [7, 11) is 0. The summed E-state index contributed by atoms with van der Waals surface area (Å²) in [6.45, 7) is 7.10. The molecule has 2 rings (SSSR count). The van der Waals surface area contributed by atoms with Gasteiger partial charge in [0.25, 0.3) is 0 Å². The molecule has 0 bridgehead atoms. The molecule has 0 spiro atoms. The van der Waals surface area contributed by atoms with E-state index in [1.54, 1.807) is 17.4 Å². The van der Waals surface area contributed by atoms with Gasteiger partial charge in [-0.2, -0.15) is 0 Å². The summed E-state index contributed by atoms with van der Waals surface area (Å²) in [5.74, 6) is -0.182. The van der Waals surface area contributed by atoms with E-state index < -0.39 is 0 Å². The Labute approximate surface area is 135 Å². The van der Waals surface area contributed by atoms with Crippen LogP contribution >= 0.6 is 22.9 Å². The Kier molecular flexibility index (Phi) is 5.80. The van der Waals surface area contributed by atoms with Gasteiger partial charge in [0, 0.05) is 10.9 Å². The highest BCUT2D eigenvalue weighted by Gasteiger charge is 2.19. The van der Waals surface area contributed by atoms with Gasteiger partial charge >= 0.3 is 0 Å². The van der Waals surface area contributed by atoms with Crippen LogP contribution in [0, 0.1) is 19.7 Å². The van der Waals surface area contributed by atoms with E-state index in [1.807, 2.05) is 19.9 Å². The Hall–Kier alpha value is -0.900. The predicted molar refractivity (Wildman–Crippen MR) is 89.9 cm³/mol. The molecule has 0 saturated carbocycles. The molecule has 1 unspecified atom stereocenters. The molecule has 4 heteroatoms. The molecule has 1 atom stereocenters. The van der Waals surface area contributed by atoms with Crippen LogP contribution in [0.2, 0.25) is 5.02 Å². The van der Waals surface area contributed by atoms with Gasteiger partial charge in [0.15, 0.2) is 0 Å². The number of aryl methyl sites for hydroxylation is 2. The number of halogens is 2. The van der Waals surface area contributed by atoms with Crippen molar-refractivity contribution in [3.05, 3.63) is 56.0 Å². The third-order valence-corrected chi connectivity index (χ3v) is 5.45. The minimum Gasteiger partial charge on any atom is -0.309 e. The summed E-state index contributed by atoms with van der Waals surface area (Å²) in [6, 6.07) is 5.11. The molecule has 1 aromatic heterocycles. The van der Waals surface area contributed by atoms with Crippen molar-refractivity contribution in [2.75, 3.05) is 6.54 Å². The first-order valence-electron chi connectivity index (χ1n) is 7.24. The van der Waals surface area contributed by atoms with Gasteiger partial charge in [0.05, 0.1) is 5.02 Å². The summed E-state index contributed by atoms with van der Waals surface area (Å²) in [5.41, 5.74) is 3.26. The zero-order valence-corrected chi connectivity index (χ0v) is 14.2. The lowest BCUT2D eigenvalue weighted by Crippen LogP contribution is -2.24. The molecule has 1 aromatic carbocycles. The monoisotopic (exact) mass is 325 g/mol. The number of hydrogen-bond acceptors (Lipinski definition) is 2. The van der Waals surface area contributed by atoms with E-state index in [2.05, 4.69) is 17.6 Å². The largest absolute Gasteiger partial charge is 0.309 e. The van der Waals surface area contributed by atoms with Gasteiger partial charge in [0.2, 0.25) is 0 Å². The highest BCUT2D eigenvalue weighted by Crippen LogP contribution is 2.34. The smallest absolute Gasteiger partial charge is 0.123 e. The standard InChI is InChI=1S/C17H21ClFNS/c1-4-7-20-15(17-16(18)12(3)10-21-17)9-13-8-14(19)6-5-11(13)2/h5-6,8,10,15,20H,4,7,9H2,1-3H3. The van der Waals surface area contributed by atoms with Crippen molar-refractivity contribution in [1.29, 1.82) is 0 Å². The van der Waals surface area contributed by atoms with Crippen LogP contribution < -0.4 is 5.32 Å². The summed E-state index contributed by atoms with van der Waals surface area (Å²) in [6.07, 6.45) is 1.81. The van der Waals surface area contributed by atoms with E-state index >= 15 is 0 Å². The van der Waals surface area contributed by atoms with Crippen LogP contribution in [0.15, 0.2) is 23.6 Å². The summed E-state index contributed by atoms with van der Waals surface area (Å²) in [5, 5.41) is 6.45. The number of benzene rings is 1. The van der Waals surface area contributed by atoms with E-state index in [0.717, 1.165) is 46.0 Å². The van der Waals surface area contributed by atoms with Crippen molar-refractivity contribution in [3.8, 4) is 0 Å². The fourth-order valence-corrected chi connectivity index (χ4v) is 3.74. The maximum atomic E-state index is 13.5. The van der Waals surface area contributed by atoms with Crippen molar-refractivity contribution in [3.63, 3.8) is 0 Å². The fraction of sp³-hybridized carbons (Fsp3) is 0.412. The van der Waals surface area contributed by atoms with Crippen molar-refractivity contribution in [2.45, 2.75) is 39.7 Å². The number of nitrogens with one attached hydrogen (secondary N) is 1. The molecule has 0 amide bonds. The first-order valence-corrected chi connectivity index (χ1v) is 8.50. The van der Waals surface area contributed by atoms with Crippen LogP contribution in [0.4, 0.5) is 4.39 Å². The molecule has 0 aliphatic rings. The molecule has 0 saturated heterocycles. The summed E-state index contributed by atoms with van der Waals surface area (Å²) in [4.78, 5) is 1.14. The molecule has 1 N–H and O–H groups in total.